The average molecular weight is 362 g/mol. The Morgan fingerprint density at radius 2 is 1.74 bits per heavy atom. The zero-order valence-corrected chi connectivity index (χ0v) is 13.4. The third kappa shape index (κ3) is 5.16. The number of halogens is 3. The minimum absolute atomic E-state index is 0.0161. The Labute approximate surface area is 138 Å². The SMILES string of the molecule is O=S(=O)(NCCc1ccc(OC(F)F)cc1)c1ccccc1Cl. The summed E-state index contributed by atoms with van der Waals surface area (Å²) in [5, 5.41) is 0.147. The van der Waals surface area contributed by atoms with Gasteiger partial charge in [0.05, 0.1) is 5.02 Å². The van der Waals surface area contributed by atoms with E-state index in [0.717, 1.165) is 5.56 Å². The summed E-state index contributed by atoms with van der Waals surface area (Å²) >= 11 is 5.87. The number of sulfonamides is 1. The first-order valence-electron chi connectivity index (χ1n) is 6.66. The zero-order valence-electron chi connectivity index (χ0n) is 11.9. The summed E-state index contributed by atoms with van der Waals surface area (Å²) in [7, 11) is -3.69. The summed E-state index contributed by atoms with van der Waals surface area (Å²) in [6, 6.07) is 12.2. The van der Waals surface area contributed by atoms with Crippen molar-refractivity contribution in [2.75, 3.05) is 6.54 Å². The topological polar surface area (TPSA) is 55.4 Å². The minimum Gasteiger partial charge on any atom is -0.435 e. The van der Waals surface area contributed by atoms with Crippen LogP contribution in [-0.2, 0) is 16.4 Å². The molecule has 0 unspecified atom stereocenters. The van der Waals surface area contributed by atoms with E-state index in [1.54, 1.807) is 24.3 Å². The number of rotatable bonds is 7. The Bertz CT molecular complexity index is 752. The Morgan fingerprint density at radius 3 is 2.35 bits per heavy atom. The Balaban J connectivity index is 1.93. The van der Waals surface area contributed by atoms with Gasteiger partial charge < -0.3 is 4.74 Å². The fourth-order valence-corrected chi connectivity index (χ4v) is 3.46. The highest BCUT2D eigenvalue weighted by Crippen LogP contribution is 2.20. The summed E-state index contributed by atoms with van der Waals surface area (Å²) in [6.45, 7) is -2.72. The van der Waals surface area contributed by atoms with E-state index in [1.165, 1.54) is 24.3 Å². The highest BCUT2D eigenvalue weighted by atomic mass is 35.5. The molecule has 2 aromatic rings. The molecule has 0 spiro atoms. The van der Waals surface area contributed by atoms with E-state index in [2.05, 4.69) is 9.46 Å². The monoisotopic (exact) mass is 361 g/mol. The summed E-state index contributed by atoms with van der Waals surface area (Å²) in [6.07, 6.45) is 0.401. The molecule has 0 aliphatic carbocycles. The van der Waals surface area contributed by atoms with Crippen molar-refractivity contribution in [2.24, 2.45) is 0 Å². The smallest absolute Gasteiger partial charge is 0.387 e. The van der Waals surface area contributed by atoms with Crippen LogP contribution >= 0.6 is 11.6 Å². The molecule has 0 saturated heterocycles. The van der Waals surface area contributed by atoms with Crippen molar-refractivity contribution in [1.82, 2.24) is 4.72 Å². The van der Waals surface area contributed by atoms with Crippen LogP contribution in [0.15, 0.2) is 53.4 Å². The normalized spacial score (nSPS) is 11.7. The quantitative estimate of drug-likeness (QED) is 0.821. The summed E-state index contributed by atoms with van der Waals surface area (Å²) in [5.41, 5.74) is 0.786. The van der Waals surface area contributed by atoms with Crippen LogP contribution in [0.1, 0.15) is 5.56 Å². The van der Waals surface area contributed by atoms with Crippen LogP contribution in [-0.4, -0.2) is 21.6 Å². The van der Waals surface area contributed by atoms with Gasteiger partial charge in [0, 0.05) is 6.54 Å². The van der Waals surface area contributed by atoms with E-state index in [1.807, 2.05) is 0 Å². The molecular weight excluding hydrogens is 348 g/mol. The van der Waals surface area contributed by atoms with Crippen molar-refractivity contribution >= 4 is 21.6 Å². The van der Waals surface area contributed by atoms with Gasteiger partial charge in [-0.15, -0.1) is 0 Å². The van der Waals surface area contributed by atoms with Crippen molar-refractivity contribution < 1.29 is 21.9 Å². The third-order valence-electron chi connectivity index (χ3n) is 2.98. The molecule has 0 saturated carbocycles. The maximum atomic E-state index is 12.1. The first-order valence-corrected chi connectivity index (χ1v) is 8.52. The molecule has 124 valence electrons. The number of alkyl halides is 2. The van der Waals surface area contributed by atoms with E-state index in [4.69, 9.17) is 11.6 Å². The molecule has 1 N–H and O–H groups in total. The fourth-order valence-electron chi connectivity index (χ4n) is 1.91. The van der Waals surface area contributed by atoms with Gasteiger partial charge in [0.15, 0.2) is 0 Å². The van der Waals surface area contributed by atoms with Crippen LogP contribution in [0, 0.1) is 0 Å². The lowest BCUT2D eigenvalue weighted by Gasteiger charge is -2.09. The molecular formula is C15H14ClF2NO3S. The van der Waals surface area contributed by atoms with Crippen molar-refractivity contribution in [3.05, 3.63) is 59.1 Å². The number of ether oxygens (including phenoxy) is 1. The molecule has 0 radical (unpaired) electrons. The molecule has 0 aliphatic heterocycles. The molecule has 2 aromatic carbocycles. The molecule has 4 nitrogen and oxygen atoms in total. The molecule has 8 heteroatoms. The van der Waals surface area contributed by atoms with Gasteiger partial charge in [-0.2, -0.15) is 8.78 Å². The lowest BCUT2D eigenvalue weighted by molar-refractivity contribution is -0.0498. The highest BCUT2D eigenvalue weighted by Gasteiger charge is 2.16. The van der Waals surface area contributed by atoms with Gasteiger partial charge in [0.25, 0.3) is 0 Å². The highest BCUT2D eigenvalue weighted by molar-refractivity contribution is 7.89. The Hall–Kier alpha value is -1.70. The summed E-state index contributed by atoms with van der Waals surface area (Å²) in [5.74, 6) is 0.0559. The number of nitrogens with one attached hydrogen (secondary N) is 1. The molecule has 0 bridgehead atoms. The van der Waals surface area contributed by atoms with Gasteiger partial charge in [-0.05, 0) is 36.2 Å². The molecule has 0 fully saturated rings. The second-order valence-electron chi connectivity index (χ2n) is 4.60. The van der Waals surface area contributed by atoms with E-state index in [-0.39, 0.29) is 22.2 Å². The van der Waals surface area contributed by atoms with E-state index in [0.29, 0.717) is 6.42 Å². The predicted octanol–water partition coefficient (Wildman–Crippen LogP) is 3.46. The van der Waals surface area contributed by atoms with Crippen LogP contribution in [0.4, 0.5) is 8.78 Å². The zero-order chi connectivity index (χ0) is 16.9. The van der Waals surface area contributed by atoms with Gasteiger partial charge in [0.1, 0.15) is 10.6 Å². The minimum atomic E-state index is -3.69. The first kappa shape index (κ1) is 17.7. The van der Waals surface area contributed by atoms with E-state index in [9.17, 15) is 17.2 Å². The predicted molar refractivity (Wildman–Crippen MR) is 83.4 cm³/mol. The number of benzene rings is 2. The molecule has 0 atom stereocenters. The van der Waals surface area contributed by atoms with Crippen molar-refractivity contribution in [3.8, 4) is 5.75 Å². The molecule has 23 heavy (non-hydrogen) atoms. The van der Waals surface area contributed by atoms with Crippen molar-refractivity contribution in [3.63, 3.8) is 0 Å². The molecule has 0 aliphatic rings. The molecule has 0 amide bonds. The second-order valence-corrected chi connectivity index (χ2v) is 6.74. The lowest BCUT2D eigenvalue weighted by Crippen LogP contribution is -2.26. The maximum absolute atomic E-state index is 12.1. The number of hydrogen-bond donors (Lipinski definition) is 1. The van der Waals surface area contributed by atoms with Gasteiger partial charge in [-0.25, -0.2) is 13.1 Å². The van der Waals surface area contributed by atoms with Crippen LogP contribution < -0.4 is 9.46 Å². The second kappa shape index (κ2) is 7.72. The first-order chi connectivity index (χ1) is 10.9. The maximum Gasteiger partial charge on any atom is 0.387 e. The van der Waals surface area contributed by atoms with Gasteiger partial charge in [0.2, 0.25) is 10.0 Å². The van der Waals surface area contributed by atoms with Gasteiger partial charge >= 0.3 is 6.61 Å². The van der Waals surface area contributed by atoms with E-state index < -0.39 is 16.6 Å². The van der Waals surface area contributed by atoms with Crippen LogP contribution in [0.5, 0.6) is 5.75 Å². The Kier molecular flexibility index (Phi) is 5.92. The summed E-state index contributed by atoms with van der Waals surface area (Å²) in [4.78, 5) is 0.0161. The van der Waals surface area contributed by atoms with Crippen LogP contribution in [0.25, 0.3) is 0 Å². The van der Waals surface area contributed by atoms with Gasteiger partial charge in [-0.1, -0.05) is 35.9 Å². The molecule has 0 heterocycles. The van der Waals surface area contributed by atoms with Crippen molar-refractivity contribution in [2.45, 2.75) is 17.9 Å². The third-order valence-corrected chi connectivity index (χ3v) is 4.94. The largest absolute Gasteiger partial charge is 0.435 e. The van der Waals surface area contributed by atoms with Crippen LogP contribution in [0.3, 0.4) is 0 Å². The average Bonchev–Trinajstić information content (AvgIpc) is 2.48. The number of hydrogen-bond acceptors (Lipinski definition) is 3. The van der Waals surface area contributed by atoms with Crippen molar-refractivity contribution in [1.29, 1.82) is 0 Å². The molecule has 0 aromatic heterocycles. The standard InChI is InChI=1S/C15H14ClF2NO3S/c16-13-3-1-2-4-14(13)23(20,21)19-10-9-11-5-7-12(8-6-11)22-15(17)18/h1-8,15,19H,9-10H2. The van der Waals surface area contributed by atoms with Crippen LogP contribution in [0.2, 0.25) is 5.02 Å². The lowest BCUT2D eigenvalue weighted by atomic mass is 10.1. The van der Waals surface area contributed by atoms with E-state index >= 15 is 0 Å². The van der Waals surface area contributed by atoms with Gasteiger partial charge in [-0.3, -0.25) is 0 Å². The Morgan fingerprint density at radius 1 is 1.09 bits per heavy atom. The summed E-state index contributed by atoms with van der Waals surface area (Å²) < 4.78 is 55.0. The fraction of sp³-hybridized carbons (Fsp3) is 0.200. The molecule has 2 rings (SSSR count).